The second-order valence-electron chi connectivity index (χ2n) is 6.92. The van der Waals surface area contributed by atoms with E-state index in [2.05, 4.69) is 5.32 Å². The summed E-state index contributed by atoms with van der Waals surface area (Å²) in [5.74, 6) is 0.428. The van der Waals surface area contributed by atoms with Gasteiger partial charge in [0.2, 0.25) is 11.8 Å². The number of aryl methyl sites for hydroxylation is 1. The van der Waals surface area contributed by atoms with Crippen LogP contribution in [-0.4, -0.2) is 29.9 Å². The van der Waals surface area contributed by atoms with Crippen LogP contribution in [0.15, 0.2) is 48.5 Å². The Balaban J connectivity index is 1.55. The van der Waals surface area contributed by atoms with Gasteiger partial charge in [0, 0.05) is 31.6 Å². The van der Waals surface area contributed by atoms with Gasteiger partial charge in [0.15, 0.2) is 0 Å². The number of rotatable bonds is 7. The van der Waals surface area contributed by atoms with E-state index in [4.69, 9.17) is 4.74 Å². The Bertz CT molecular complexity index is 801. The van der Waals surface area contributed by atoms with Gasteiger partial charge < -0.3 is 15.0 Å². The minimum atomic E-state index is -0.304. The number of nitrogens with one attached hydrogen (secondary N) is 1. The van der Waals surface area contributed by atoms with Crippen LogP contribution in [0, 0.1) is 12.8 Å². The van der Waals surface area contributed by atoms with Gasteiger partial charge in [0.05, 0.1) is 12.5 Å². The summed E-state index contributed by atoms with van der Waals surface area (Å²) in [6, 6.07) is 15.8. The van der Waals surface area contributed by atoms with E-state index in [9.17, 15) is 9.59 Å². The monoisotopic (exact) mass is 366 g/mol. The van der Waals surface area contributed by atoms with Crippen molar-refractivity contribution in [3.05, 3.63) is 65.2 Å². The fourth-order valence-corrected chi connectivity index (χ4v) is 3.29. The molecule has 1 N–H and O–H groups in total. The summed E-state index contributed by atoms with van der Waals surface area (Å²) in [4.78, 5) is 26.6. The fourth-order valence-electron chi connectivity index (χ4n) is 3.29. The van der Waals surface area contributed by atoms with Crippen LogP contribution in [0.1, 0.15) is 30.0 Å². The molecule has 1 fully saturated rings. The first-order valence-corrected chi connectivity index (χ1v) is 9.38. The van der Waals surface area contributed by atoms with E-state index in [0.717, 1.165) is 16.9 Å². The molecule has 5 heteroatoms. The van der Waals surface area contributed by atoms with Gasteiger partial charge in [-0.05, 0) is 25.5 Å². The summed E-state index contributed by atoms with van der Waals surface area (Å²) in [5, 5.41) is 2.95. The molecular formula is C22H26N2O3. The third-order valence-corrected chi connectivity index (χ3v) is 4.80. The molecule has 142 valence electrons. The summed E-state index contributed by atoms with van der Waals surface area (Å²) in [7, 11) is 0. The number of para-hydroxylation sites is 1. The largest absolute Gasteiger partial charge is 0.494 e. The topological polar surface area (TPSA) is 58.6 Å². The van der Waals surface area contributed by atoms with E-state index in [1.54, 1.807) is 4.90 Å². The predicted octanol–water partition coefficient (Wildman–Crippen LogP) is 3.06. The Morgan fingerprint density at radius 3 is 2.67 bits per heavy atom. The van der Waals surface area contributed by atoms with E-state index in [-0.39, 0.29) is 24.2 Å². The maximum atomic E-state index is 12.5. The molecule has 0 aliphatic carbocycles. The summed E-state index contributed by atoms with van der Waals surface area (Å²) in [6.07, 6.45) is 0.269. The van der Waals surface area contributed by atoms with E-state index in [1.165, 1.54) is 5.56 Å². The smallest absolute Gasteiger partial charge is 0.225 e. The van der Waals surface area contributed by atoms with Crippen LogP contribution in [0.25, 0.3) is 0 Å². The Kier molecular flexibility index (Phi) is 6.12. The molecule has 0 spiro atoms. The van der Waals surface area contributed by atoms with Crippen molar-refractivity contribution in [2.45, 2.75) is 33.4 Å². The van der Waals surface area contributed by atoms with Crippen LogP contribution >= 0.6 is 0 Å². The zero-order valence-electron chi connectivity index (χ0n) is 15.9. The van der Waals surface area contributed by atoms with Gasteiger partial charge in [0.25, 0.3) is 0 Å². The van der Waals surface area contributed by atoms with Gasteiger partial charge in [-0.2, -0.15) is 0 Å². The lowest BCUT2D eigenvalue weighted by atomic mass is 10.1. The highest BCUT2D eigenvalue weighted by atomic mass is 16.5. The first-order valence-electron chi connectivity index (χ1n) is 9.38. The third kappa shape index (κ3) is 4.88. The van der Waals surface area contributed by atoms with Crippen molar-refractivity contribution in [1.29, 1.82) is 0 Å². The first-order chi connectivity index (χ1) is 13.1. The van der Waals surface area contributed by atoms with Gasteiger partial charge in [-0.25, -0.2) is 0 Å². The standard InChI is InChI=1S/C22H26N2O3/c1-3-27-20-7-5-4-6-18(20)13-23-22(26)19-12-21(25)24(15-19)14-17-10-8-16(2)9-11-17/h4-11,19H,3,12-15H2,1-2H3,(H,23,26). The molecule has 5 nitrogen and oxygen atoms in total. The lowest BCUT2D eigenvalue weighted by molar-refractivity contribution is -0.129. The highest BCUT2D eigenvalue weighted by Crippen LogP contribution is 2.22. The van der Waals surface area contributed by atoms with Crippen molar-refractivity contribution in [1.82, 2.24) is 10.2 Å². The molecule has 1 aliphatic heterocycles. The molecule has 1 unspecified atom stereocenters. The minimum absolute atomic E-state index is 0.0328. The number of hydrogen-bond donors (Lipinski definition) is 1. The Labute approximate surface area is 160 Å². The summed E-state index contributed by atoms with van der Waals surface area (Å²) in [6.45, 7) is 5.96. The molecule has 1 aliphatic rings. The maximum Gasteiger partial charge on any atom is 0.225 e. The zero-order valence-corrected chi connectivity index (χ0v) is 15.9. The molecule has 27 heavy (non-hydrogen) atoms. The van der Waals surface area contributed by atoms with Crippen molar-refractivity contribution in [2.75, 3.05) is 13.2 Å². The molecular weight excluding hydrogens is 340 g/mol. The van der Waals surface area contributed by atoms with E-state index in [0.29, 0.717) is 26.2 Å². The number of carbonyl (C=O) groups is 2. The number of carbonyl (C=O) groups excluding carboxylic acids is 2. The molecule has 1 saturated heterocycles. The first kappa shape index (κ1) is 19.0. The van der Waals surface area contributed by atoms with Gasteiger partial charge in [0.1, 0.15) is 5.75 Å². The molecule has 2 amide bonds. The average molecular weight is 366 g/mol. The van der Waals surface area contributed by atoms with Gasteiger partial charge in [-0.1, -0.05) is 48.0 Å². The molecule has 0 radical (unpaired) electrons. The number of hydrogen-bond acceptors (Lipinski definition) is 3. The number of amides is 2. The lowest BCUT2D eigenvalue weighted by Gasteiger charge is -2.17. The van der Waals surface area contributed by atoms with E-state index < -0.39 is 0 Å². The molecule has 3 rings (SSSR count). The Morgan fingerprint density at radius 1 is 1.19 bits per heavy atom. The molecule has 0 aromatic heterocycles. The molecule has 0 saturated carbocycles. The molecule has 2 aromatic carbocycles. The number of nitrogens with zero attached hydrogens (tertiary/aromatic N) is 1. The van der Waals surface area contributed by atoms with Crippen LogP contribution in [0.5, 0.6) is 5.75 Å². The van der Waals surface area contributed by atoms with E-state index in [1.807, 2.05) is 62.4 Å². The van der Waals surface area contributed by atoms with Crippen molar-refractivity contribution in [2.24, 2.45) is 5.92 Å². The van der Waals surface area contributed by atoms with Crippen molar-refractivity contribution >= 4 is 11.8 Å². The maximum absolute atomic E-state index is 12.5. The van der Waals surface area contributed by atoms with Gasteiger partial charge in [-0.15, -0.1) is 0 Å². The third-order valence-electron chi connectivity index (χ3n) is 4.80. The SMILES string of the molecule is CCOc1ccccc1CNC(=O)C1CC(=O)N(Cc2ccc(C)cc2)C1. The van der Waals surface area contributed by atoms with Crippen LogP contribution in [0.3, 0.4) is 0 Å². The molecule has 2 aromatic rings. The van der Waals surface area contributed by atoms with Gasteiger partial charge in [-0.3, -0.25) is 9.59 Å². The van der Waals surface area contributed by atoms with Crippen molar-refractivity contribution in [3.8, 4) is 5.75 Å². The van der Waals surface area contributed by atoms with Gasteiger partial charge >= 0.3 is 0 Å². The average Bonchev–Trinajstić information content (AvgIpc) is 3.03. The predicted molar refractivity (Wildman–Crippen MR) is 104 cm³/mol. The number of ether oxygens (including phenoxy) is 1. The second kappa shape index (κ2) is 8.71. The minimum Gasteiger partial charge on any atom is -0.494 e. The zero-order chi connectivity index (χ0) is 19.2. The Hall–Kier alpha value is -2.82. The van der Waals surface area contributed by atoms with Crippen molar-refractivity contribution < 1.29 is 14.3 Å². The molecule has 0 bridgehead atoms. The fraction of sp³-hybridized carbons (Fsp3) is 0.364. The van der Waals surface area contributed by atoms with Crippen LogP contribution < -0.4 is 10.1 Å². The normalized spacial score (nSPS) is 16.4. The second-order valence-corrected chi connectivity index (χ2v) is 6.92. The van der Waals surface area contributed by atoms with Crippen LogP contribution in [0.4, 0.5) is 0 Å². The molecule has 1 atom stereocenters. The highest BCUT2D eigenvalue weighted by Gasteiger charge is 2.34. The Morgan fingerprint density at radius 2 is 1.93 bits per heavy atom. The quantitative estimate of drug-likeness (QED) is 0.819. The van der Waals surface area contributed by atoms with Crippen LogP contribution in [0.2, 0.25) is 0 Å². The summed E-state index contributed by atoms with van der Waals surface area (Å²) in [5.41, 5.74) is 3.21. The van der Waals surface area contributed by atoms with Crippen LogP contribution in [-0.2, 0) is 22.7 Å². The van der Waals surface area contributed by atoms with E-state index >= 15 is 0 Å². The number of likely N-dealkylation sites (tertiary alicyclic amines) is 1. The summed E-state index contributed by atoms with van der Waals surface area (Å²) < 4.78 is 5.59. The lowest BCUT2D eigenvalue weighted by Crippen LogP contribution is -2.32. The highest BCUT2D eigenvalue weighted by molar-refractivity contribution is 5.89. The molecule has 1 heterocycles. The summed E-state index contributed by atoms with van der Waals surface area (Å²) >= 11 is 0. The van der Waals surface area contributed by atoms with Crippen molar-refractivity contribution in [3.63, 3.8) is 0 Å². The number of benzene rings is 2.